The minimum absolute atomic E-state index is 0.00691. The number of carbonyl (C=O) groups is 2. The summed E-state index contributed by atoms with van der Waals surface area (Å²) in [5.41, 5.74) is 0.835. The van der Waals surface area contributed by atoms with E-state index in [2.05, 4.69) is 6.58 Å². The average molecular weight is 212 g/mol. The lowest BCUT2D eigenvalue weighted by molar-refractivity contribution is -0.143. The molecule has 0 saturated carbocycles. The van der Waals surface area contributed by atoms with E-state index in [1.807, 2.05) is 6.92 Å². The summed E-state index contributed by atoms with van der Waals surface area (Å²) in [5, 5.41) is 8.35. The van der Waals surface area contributed by atoms with Crippen LogP contribution in [0.2, 0.25) is 0 Å². The maximum atomic E-state index is 11.1. The number of carbonyl (C=O) groups excluding carboxylic acids is 1. The van der Waals surface area contributed by atoms with E-state index in [0.717, 1.165) is 5.57 Å². The number of hydrogen-bond acceptors (Lipinski definition) is 3. The summed E-state index contributed by atoms with van der Waals surface area (Å²) in [6, 6.07) is 0. The van der Waals surface area contributed by atoms with Gasteiger partial charge in [0.25, 0.3) is 0 Å². The van der Waals surface area contributed by atoms with Gasteiger partial charge in [0, 0.05) is 12.8 Å². The number of carboxylic acids is 1. The molecule has 0 aromatic carbocycles. The molecule has 4 heteroatoms. The van der Waals surface area contributed by atoms with E-state index in [1.165, 1.54) is 0 Å². The van der Waals surface area contributed by atoms with Crippen LogP contribution in [0.3, 0.4) is 0 Å². The van der Waals surface area contributed by atoms with Crippen LogP contribution in [-0.2, 0) is 14.3 Å². The van der Waals surface area contributed by atoms with Crippen molar-refractivity contribution in [2.45, 2.75) is 26.2 Å². The third kappa shape index (κ3) is 7.49. The molecule has 0 aliphatic carbocycles. The molecule has 0 aliphatic heterocycles. The summed E-state index contributed by atoms with van der Waals surface area (Å²) in [4.78, 5) is 21.2. The molecule has 0 fully saturated rings. The van der Waals surface area contributed by atoms with Crippen LogP contribution in [0.1, 0.15) is 26.2 Å². The molecule has 0 aromatic heterocycles. The normalized spacial score (nSPS) is 10.9. The topological polar surface area (TPSA) is 63.6 Å². The van der Waals surface area contributed by atoms with Gasteiger partial charge in [-0.1, -0.05) is 18.7 Å². The highest BCUT2D eigenvalue weighted by Crippen LogP contribution is 2.01. The number of rotatable bonds is 7. The standard InChI is InChI=1S/C11H16O4/c1-3-9(4-2)8-15-11(14)7-5-6-10(12)13/h3-4H,1,5-8H2,2H3,(H,12,13)/b9-4+. The number of hydrogen-bond donors (Lipinski definition) is 1. The molecule has 0 saturated heterocycles. The lowest BCUT2D eigenvalue weighted by atomic mass is 10.2. The molecule has 0 amide bonds. The minimum atomic E-state index is -0.900. The van der Waals surface area contributed by atoms with E-state index in [9.17, 15) is 9.59 Å². The fourth-order valence-electron chi connectivity index (χ4n) is 0.880. The van der Waals surface area contributed by atoms with Gasteiger partial charge in [-0.25, -0.2) is 0 Å². The van der Waals surface area contributed by atoms with Gasteiger partial charge < -0.3 is 9.84 Å². The van der Waals surface area contributed by atoms with Crippen LogP contribution in [0.4, 0.5) is 0 Å². The molecule has 0 heterocycles. The number of aliphatic carboxylic acids is 1. The molecule has 4 nitrogen and oxygen atoms in total. The number of allylic oxidation sites excluding steroid dienone is 1. The smallest absolute Gasteiger partial charge is 0.306 e. The van der Waals surface area contributed by atoms with Gasteiger partial charge in [0.05, 0.1) is 0 Å². The molecule has 0 spiro atoms. The van der Waals surface area contributed by atoms with Gasteiger partial charge in [0.2, 0.25) is 0 Å². The summed E-state index contributed by atoms with van der Waals surface area (Å²) in [6.07, 6.45) is 3.86. The first-order valence-corrected chi connectivity index (χ1v) is 4.75. The van der Waals surface area contributed by atoms with Crippen molar-refractivity contribution in [1.29, 1.82) is 0 Å². The first-order chi connectivity index (χ1) is 7.10. The molecule has 0 aromatic rings. The third-order valence-corrected chi connectivity index (χ3v) is 1.80. The summed E-state index contributed by atoms with van der Waals surface area (Å²) in [7, 11) is 0. The summed E-state index contributed by atoms with van der Waals surface area (Å²) >= 11 is 0. The molecular weight excluding hydrogens is 196 g/mol. The van der Waals surface area contributed by atoms with Crippen molar-refractivity contribution in [3.05, 3.63) is 24.3 Å². The van der Waals surface area contributed by atoms with E-state index in [4.69, 9.17) is 9.84 Å². The molecule has 0 atom stereocenters. The van der Waals surface area contributed by atoms with Gasteiger partial charge in [0.15, 0.2) is 0 Å². The van der Waals surface area contributed by atoms with Crippen LogP contribution < -0.4 is 0 Å². The first-order valence-electron chi connectivity index (χ1n) is 4.75. The van der Waals surface area contributed by atoms with Crippen LogP contribution in [0.15, 0.2) is 24.3 Å². The predicted octanol–water partition coefficient (Wildman–Crippen LogP) is 1.92. The highest BCUT2D eigenvalue weighted by molar-refractivity contribution is 5.71. The Labute approximate surface area is 89.2 Å². The van der Waals surface area contributed by atoms with Gasteiger partial charge in [-0.2, -0.15) is 0 Å². The third-order valence-electron chi connectivity index (χ3n) is 1.80. The number of carboxylic acid groups (broad SMARTS) is 1. The van der Waals surface area contributed by atoms with Gasteiger partial charge in [-0.05, 0) is 18.9 Å². The van der Waals surface area contributed by atoms with E-state index in [-0.39, 0.29) is 25.4 Å². The molecule has 15 heavy (non-hydrogen) atoms. The van der Waals surface area contributed by atoms with Crippen LogP contribution in [0.25, 0.3) is 0 Å². The highest BCUT2D eigenvalue weighted by atomic mass is 16.5. The van der Waals surface area contributed by atoms with Gasteiger partial charge in [-0.15, -0.1) is 0 Å². The number of esters is 1. The number of ether oxygens (including phenoxy) is 1. The highest BCUT2D eigenvalue weighted by Gasteiger charge is 2.05. The second-order valence-electron chi connectivity index (χ2n) is 2.98. The van der Waals surface area contributed by atoms with E-state index >= 15 is 0 Å². The van der Waals surface area contributed by atoms with Gasteiger partial charge >= 0.3 is 11.9 Å². The van der Waals surface area contributed by atoms with Crippen molar-refractivity contribution < 1.29 is 19.4 Å². The van der Waals surface area contributed by atoms with Crippen LogP contribution in [-0.4, -0.2) is 23.7 Å². The second kappa shape index (κ2) is 7.79. The zero-order chi connectivity index (χ0) is 11.7. The summed E-state index contributed by atoms with van der Waals surface area (Å²) < 4.78 is 4.90. The average Bonchev–Trinajstić information content (AvgIpc) is 2.18. The monoisotopic (exact) mass is 212 g/mol. The first kappa shape index (κ1) is 13.4. The van der Waals surface area contributed by atoms with Crippen molar-refractivity contribution in [3.63, 3.8) is 0 Å². The second-order valence-corrected chi connectivity index (χ2v) is 2.98. The van der Waals surface area contributed by atoms with Crippen molar-refractivity contribution in [1.82, 2.24) is 0 Å². The molecule has 0 radical (unpaired) electrons. The van der Waals surface area contributed by atoms with Crippen molar-refractivity contribution >= 4 is 11.9 Å². The summed E-state index contributed by atoms with van der Waals surface area (Å²) in [6.45, 7) is 5.59. The zero-order valence-electron chi connectivity index (χ0n) is 8.86. The Morgan fingerprint density at radius 3 is 2.53 bits per heavy atom. The Morgan fingerprint density at radius 2 is 2.07 bits per heavy atom. The Morgan fingerprint density at radius 1 is 1.40 bits per heavy atom. The van der Waals surface area contributed by atoms with Crippen molar-refractivity contribution in [3.8, 4) is 0 Å². The van der Waals surface area contributed by atoms with Gasteiger partial charge in [0.1, 0.15) is 6.61 Å². The SMILES string of the molecule is C=C/C(=C\C)COC(=O)CCCC(=O)O. The zero-order valence-corrected chi connectivity index (χ0v) is 8.86. The molecular formula is C11H16O4. The fraction of sp³-hybridized carbons (Fsp3) is 0.455. The molecule has 84 valence electrons. The van der Waals surface area contributed by atoms with Crippen LogP contribution >= 0.6 is 0 Å². The Bertz CT molecular complexity index is 266. The lowest BCUT2D eigenvalue weighted by Gasteiger charge is -2.04. The minimum Gasteiger partial charge on any atom is -0.481 e. The molecule has 0 bridgehead atoms. The van der Waals surface area contributed by atoms with E-state index < -0.39 is 5.97 Å². The Balaban J connectivity index is 3.66. The molecule has 0 rings (SSSR count). The summed E-state index contributed by atoms with van der Waals surface area (Å²) in [5.74, 6) is -1.28. The predicted molar refractivity (Wildman–Crippen MR) is 56.4 cm³/mol. The Kier molecular flexibility index (Phi) is 6.97. The Hall–Kier alpha value is -1.58. The molecule has 0 unspecified atom stereocenters. The maximum Gasteiger partial charge on any atom is 0.306 e. The maximum absolute atomic E-state index is 11.1. The quantitative estimate of drug-likeness (QED) is 0.517. The van der Waals surface area contributed by atoms with Gasteiger partial charge in [-0.3, -0.25) is 9.59 Å². The fourth-order valence-corrected chi connectivity index (χ4v) is 0.880. The van der Waals surface area contributed by atoms with Crippen LogP contribution in [0, 0.1) is 0 Å². The van der Waals surface area contributed by atoms with E-state index in [0.29, 0.717) is 6.42 Å². The van der Waals surface area contributed by atoms with Crippen molar-refractivity contribution in [2.75, 3.05) is 6.61 Å². The largest absolute Gasteiger partial charge is 0.481 e. The lowest BCUT2D eigenvalue weighted by Crippen LogP contribution is -2.07. The van der Waals surface area contributed by atoms with Crippen LogP contribution in [0.5, 0.6) is 0 Å². The molecule has 0 aliphatic rings. The molecule has 1 N–H and O–H groups in total. The van der Waals surface area contributed by atoms with E-state index in [1.54, 1.807) is 12.2 Å². The van der Waals surface area contributed by atoms with Crippen molar-refractivity contribution in [2.24, 2.45) is 0 Å².